The van der Waals surface area contributed by atoms with E-state index in [9.17, 15) is 9.59 Å². The molecule has 132 valence electrons. The lowest BCUT2D eigenvalue weighted by molar-refractivity contribution is -0.123. The summed E-state index contributed by atoms with van der Waals surface area (Å²) in [6.45, 7) is 3.97. The Hall–Kier alpha value is -2.42. The summed E-state index contributed by atoms with van der Waals surface area (Å²) in [7, 11) is 0. The molecule has 3 heteroatoms. The van der Waals surface area contributed by atoms with E-state index in [-0.39, 0.29) is 23.7 Å². The quantitative estimate of drug-likeness (QED) is 0.764. The third kappa shape index (κ3) is 2.00. The molecule has 2 aromatic carbocycles. The summed E-state index contributed by atoms with van der Waals surface area (Å²) in [4.78, 5) is 28.1. The number of amides is 2. The Morgan fingerprint density at radius 3 is 2.15 bits per heavy atom. The van der Waals surface area contributed by atoms with Gasteiger partial charge in [-0.3, -0.25) is 9.59 Å². The van der Waals surface area contributed by atoms with E-state index < -0.39 is 0 Å². The highest BCUT2D eigenvalue weighted by Crippen LogP contribution is 2.62. The lowest BCUT2D eigenvalue weighted by atomic mass is 9.73. The van der Waals surface area contributed by atoms with Gasteiger partial charge in [-0.15, -0.1) is 0 Å². The molecule has 2 saturated carbocycles. The first-order valence-corrected chi connectivity index (χ1v) is 9.57. The van der Waals surface area contributed by atoms with E-state index in [1.807, 2.05) is 38.1 Å². The monoisotopic (exact) mass is 345 g/mol. The number of aryl methyl sites for hydroxylation is 2. The average molecular weight is 345 g/mol. The molecule has 3 aliphatic rings. The fraction of sp³-hybridized carbons (Fsp3) is 0.391. The van der Waals surface area contributed by atoms with Gasteiger partial charge in [0.1, 0.15) is 0 Å². The van der Waals surface area contributed by atoms with Gasteiger partial charge in [0.05, 0.1) is 17.5 Å². The number of rotatable bonds is 2. The number of para-hydroxylation sites is 1. The number of carbonyl (C=O) groups excluding carboxylic acids is 2. The SMILES string of the molecule is Cc1cccc(C)c1N1C(=O)[C@@H]2[C@@H]3C[C@@H]([C@@H]2C1=O)[C@H](c1ccccc1)C3. The van der Waals surface area contributed by atoms with Gasteiger partial charge in [0, 0.05) is 0 Å². The molecule has 1 aliphatic heterocycles. The largest absolute Gasteiger partial charge is 0.274 e. The summed E-state index contributed by atoms with van der Waals surface area (Å²) in [6, 6.07) is 16.5. The zero-order valence-electron chi connectivity index (χ0n) is 15.2. The maximum atomic E-state index is 13.4. The third-order valence-electron chi connectivity index (χ3n) is 6.91. The number of nitrogens with zero attached hydrogens (tertiary/aromatic N) is 1. The zero-order chi connectivity index (χ0) is 18.0. The Kier molecular flexibility index (Phi) is 3.37. The Balaban J connectivity index is 1.53. The zero-order valence-corrected chi connectivity index (χ0v) is 15.2. The molecule has 0 N–H and O–H groups in total. The maximum absolute atomic E-state index is 13.4. The molecular formula is C23H23NO2. The summed E-state index contributed by atoms with van der Waals surface area (Å²) in [5.74, 6) is 0.898. The standard InChI is InChI=1S/C23H23NO2/c1-13-7-6-8-14(2)21(13)24-22(25)19-16-11-17(15-9-4-3-5-10-15)18(12-16)20(19)23(24)26/h3-10,16-20H,11-12H2,1-2H3/t16-,17-,18+,19+,20-/m0/s1. The Labute approximate surface area is 154 Å². The second-order valence-corrected chi connectivity index (χ2v) is 8.22. The fourth-order valence-corrected chi connectivity index (χ4v) is 5.92. The van der Waals surface area contributed by atoms with Crippen LogP contribution in [0.25, 0.3) is 0 Å². The molecule has 5 atom stereocenters. The molecular weight excluding hydrogens is 322 g/mol. The van der Waals surface area contributed by atoms with Crippen molar-refractivity contribution in [1.82, 2.24) is 0 Å². The second-order valence-electron chi connectivity index (χ2n) is 8.22. The first-order valence-electron chi connectivity index (χ1n) is 9.57. The van der Waals surface area contributed by atoms with Gasteiger partial charge in [-0.2, -0.15) is 0 Å². The topological polar surface area (TPSA) is 37.4 Å². The van der Waals surface area contributed by atoms with Gasteiger partial charge in [-0.25, -0.2) is 4.90 Å². The number of fused-ring (bicyclic) bond motifs is 5. The predicted molar refractivity (Wildman–Crippen MR) is 101 cm³/mol. The molecule has 0 unspecified atom stereocenters. The smallest absolute Gasteiger partial charge is 0.238 e. The van der Waals surface area contributed by atoms with Crippen molar-refractivity contribution in [1.29, 1.82) is 0 Å². The highest BCUT2D eigenvalue weighted by Gasteiger charge is 2.64. The Bertz CT molecular complexity index is 883. The predicted octanol–water partition coefficient (Wildman–Crippen LogP) is 4.23. The fourth-order valence-electron chi connectivity index (χ4n) is 5.92. The van der Waals surface area contributed by atoms with E-state index in [0.717, 1.165) is 29.7 Å². The normalized spacial score (nSPS) is 32.4. The second kappa shape index (κ2) is 5.54. The van der Waals surface area contributed by atoms with Crippen LogP contribution in [0.3, 0.4) is 0 Å². The van der Waals surface area contributed by atoms with E-state index in [4.69, 9.17) is 0 Å². The summed E-state index contributed by atoms with van der Waals surface area (Å²) < 4.78 is 0. The maximum Gasteiger partial charge on any atom is 0.238 e. The summed E-state index contributed by atoms with van der Waals surface area (Å²) >= 11 is 0. The van der Waals surface area contributed by atoms with E-state index in [0.29, 0.717) is 17.8 Å². The van der Waals surface area contributed by atoms with Crippen molar-refractivity contribution in [3.8, 4) is 0 Å². The number of imide groups is 1. The minimum absolute atomic E-state index is 0.0329. The highest BCUT2D eigenvalue weighted by atomic mass is 16.2. The lowest BCUT2D eigenvalue weighted by Gasteiger charge is -2.28. The van der Waals surface area contributed by atoms with E-state index in [2.05, 4.69) is 24.3 Å². The molecule has 2 aliphatic carbocycles. The third-order valence-corrected chi connectivity index (χ3v) is 6.91. The van der Waals surface area contributed by atoms with Crippen molar-refractivity contribution in [2.75, 3.05) is 4.90 Å². The number of hydrogen-bond acceptors (Lipinski definition) is 2. The first kappa shape index (κ1) is 15.8. The summed E-state index contributed by atoms with van der Waals surface area (Å²) in [5, 5.41) is 0. The van der Waals surface area contributed by atoms with Crippen LogP contribution in [-0.4, -0.2) is 11.8 Å². The van der Waals surface area contributed by atoms with Gasteiger partial charge in [0.25, 0.3) is 0 Å². The van der Waals surface area contributed by atoms with Gasteiger partial charge in [0.2, 0.25) is 11.8 Å². The van der Waals surface area contributed by atoms with Crippen LogP contribution in [0, 0.1) is 37.5 Å². The van der Waals surface area contributed by atoms with Crippen LogP contribution in [0.4, 0.5) is 5.69 Å². The molecule has 2 aromatic rings. The van der Waals surface area contributed by atoms with Crippen LogP contribution in [0.15, 0.2) is 48.5 Å². The molecule has 0 spiro atoms. The molecule has 1 heterocycles. The van der Waals surface area contributed by atoms with E-state index in [1.54, 1.807) is 0 Å². The number of benzene rings is 2. The molecule has 26 heavy (non-hydrogen) atoms. The molecule has 0 aromatic heterocycles. The van der Waals surface area contributed by atoms with Crippen LogP contribution in [-0.2, 0) is 9.59 Å². The van der Waals surface area contributed by atoms with Gasteiger partial charge in [0.15, 0.2) is 0 Å². The van der Waals surface area contributed by atoms with Gasteiger partial charge in [-0.05, 0) is 61.1 Å². The molecule has 3 nitrogen and oxygen atoms in total. The number of anilines is 1. The van der Waals surface area contributed by atoms with Gasteiger partial charge < -0.3 is 0 Å². The van der Waals surface area contributed by atoms with Crippen LogP contribution in [0.5, 0.6) is 0 Å². The first-order chi connectivity index (χ1) is 12.6. The van der Waals surface area contributed by atoms with Gasteiger partial charge in [-0.1, -0.05) is 48.5 Å². The van der Waals surface area contributed by atoms with Crippen LogP contribution >= 0.6 is 0 Å². The van der Waals surface area contributed by atoms with Crippen LogP contribution in [0.1, 0.15) is 35.4 Å². The van der Waals surface area contributed by atoms with E-state index in [1.165, 1.54) is 10.5 Å². The Morgan fingerprint density at radius 2 is 1.46 bits per heavy atom. The van der Waals surface area contributed by atoms with Crippen molar-refractivity contribution < 1.29 is 9.59 Å². The highest BCUT2D eigenvalue weighted by molar-refractivity contribution is 6.23. The minimum atomic E-state index is -0.134. The van der Waals surface area contributed by atoms with Crippen molar-refractivity contribution in [3.63, 3.8) is 0 Å². The Morgan fingerprint density at radius 1 is 0.808 bits per heavy atom. The average Bonchev–Trinajstić information content (AvgIpc) is 3.29. The van der Waals surface area contributed by atoms with E-state index >= 15 is 0 Å². The van der Waals surface area contributed by atoms with Crippen molar-refractivity contribution in [2.24, 2.45) is 23.7 Å². The van der Waals surface area contributed by atoms with Crippen LogP contribution < -0.4 is 4.90 Å². The minimum Gasteiger partial charge on any atom is -0.274 e. The molecule has 0 radical (unpaired) electrons. The summed E-state index contributed by atoms with van der Waals surface area (Å²) in [6.07, 6.45) is 2.06. The van der Waals surface area contributed by atoms with Crippen molar-refractivity contribution in [2.45, 2.75) is 32.6 Å². The molecule has 1 saturated heterocycles. The lowest BCUT2D eigenvalue weighted by Crippen LogP contribution is -2.34. The van der Waals surface area contributed by atoms with Crippen molar-refractivity contribution >= 4 is 17.5 Å². The number of carbonyl (C=O) groups is 2. The molecule has 3 fully saturated rings. The molecule has 2 amide bonds. The van der Waals surface area contributed by atoms with Crippen molar-refractivity contribution in [3.05, 3.63) is 65.2 Å². The number of hydrogen-bond donors (Lipinski definition) is 0. The molecule has 2 bridgehead atoms. The van der Waals surface area contributed by atoms with Gasteiger partial charge >= 0.3 is 0 Å². The molecule has 5 rings (SSSR count). The van der Waals surface area contributed by atoms with Crippen LogP contribution in [0.2, 0.25) is 0 Å². The summed E-state index contributed by atoms with van der Waals surface area (Å²) in [5.41, 5.74) is 4.13.